The van der Waals surface area contributed by atoms with Crippen molar-refractivity contribution in [2.75, 3.05) is 33.8 Å². The number of aliphatic carboxylic acids is 1. The van der Waals surface area contributed by atoms with Crippen LogP contribution in [0.2, 0.25) is 0 Å². The second-order valence-electron chi connectivity index (χ2n) is 15.5. The lowest BCUT2D eigenvalue weighted by molar-refractivity contribution is -0.145. The van der Waals surface area contributed by atoms with E-state index in [9.17, 15) is 24.6 Å². The predicted molar refractivity (Wildman–Crippen MR) is 255 cm³/mol. The van der Waals surface area contributed by atoms with E-state index in [4.69, 9.17) is 33.2 Å². The highest BCUT2D eigenvalue weighted by atomic mass is 16.5. The van der Waals surface area contributed by atoms with Crippen LogP contribution >= 0.6 is 0 Å². The molecule has 0 spiro atoms. The molecule has 6 aromatic rings. The summed E-state index contributed by atoms with van der Waals surface area (Å²) in [5.74, 6) is 1.21. The maximum absolute atomic E-state index is 12.8. The molecule has 0 saturated heterocycles. The molecule has 1 atom stereocenters. The third-order valence-electron chi connectivity index (χ3n) is 10.7. The number of aromatic hydroxyl groups is 1. The summed E-state index contributed by atoms with van der Waals surface area (Å²) in [7, 11) is 6.15. The van der Waals surface area contributed by atoms with E-state index in [0.29, 0.717) is 87.6 Å². The first-order valence-electron chi connectivity index (χ1n) is 22.0. The molecule has 14 heteroatoms. The van der Waals surface area contributed by atoms with Crippen LogP contribution in [0.5, 0.6) is 57.5 Å². The van der Waals surface area contributed by atoms with Gasteiger partial charge in [-0.2, -0.15) is 0 Å². The molecule has 0 saturated carbocycles. The van der Waals surface area contributed by atoms with Crippen LogP contribution in [0.15, 0.2) is 102 Å². The van der Waals surface area contributed by atoms with Crippen molar-refractivity contribution in [3.63, 3.8) is 0 Å². The van der Waals surface area contributed by atoms with Gasteiger partial charge in [-0.3, -0.25) is 14.4 Å². The third kappa shape index (κ3) is 13.3. The van der Waals surface area contributed by atoms with Crippen molar-refractivity contribution >= 4 is 28.5 Å². The fraction of sp³-hybridized carbons (Fsp3) is 0.327. The number of fused-ring (bicyclic) bond motifs is 1. The number of carbonyl (C=O) groups is 2. The molecule has 0 aliphatic heterocycles. The number of rotatable bonds is 22. The Kier molecular flexibility index (Phi) is 18.5. The number of methoxy groups -OCH3 is 4. The van der Waals surface area contributed by atoms with Gasteiger partial charge in [0, 0.05) is 23.6 Å². The Hall–Kier alpha value is -7.35. The summed E-state index contributed by atoms with van der Waals surface area (Å²) in [5, 5.41) is 23.6. The van der Waals surface area contributed by atoms with Gasteiger partial charge in [0.05, 0.1) is 45.2 Å². The molecule has 14 nitrogen and oxygen atoms in total. The van der Waals surface area contributed by atoms with E-state index in [2.05, 4.69) is 17.2 Å². The standard InChI is InChI=1S/C29H33NO7.C23H27NO5/c1-4-5-7-12-23(29(32)33)28(31)30-24-15-13-21(34-2)17-26(24)37-25-16-14-22(18-27(25)35-3)36-19-20-10-8-6-9-11-20;1-5-6-7-8-16-22(25)17-12-15(27-3)13-20(21(17)24-23(16)26)29-18-10-9-14(2)11-19(18)28-4/h6,8-11,13-18,23H,4-5,7,12,19H2,1-3H3,(H,30,31)(H,32,33);9-13H,5-8H2,1-4H3,(H2,24,25,26). The number of pyridine rings is 1. The van der Waals surface area contributed by atoms with Crippen molar-refractivity contribution in [2.24, 2.45) is 5.92 Å². The second-order valence-corrected chi connectivity index (χ2v) is 15.5. The number of carboxylic acid groups (broad SMARTS) is 1. The maximum atomic E-state index is 12.8. The lowest BCUT2D eigenvalue weighted by atomic mass is 10.0. The van der Waals surface area contributed by atoms with Crippen LogP contribution < -0.4 is 44.0 Å². The highest BCUT2D eigenvalue weighted by molar-refractivity contribution is 6.05. The van der Waals surface area contributed by atoms with E-state index in [1.165, 1.54) is 14.2 Å². The SMILES string of the molecule is CCCCCC(C(=O)O)C(=O)Nc1ccc(OC)cc1Oc1ccc(OCc2ccccc2)cc1OC.CCCCCc1c(O)c2cc(OC)cc(Oc3ccc(C)cc3OC)c2[nH]c1=O. The first kappa shape index (κ1) is 49.7. The van der Waals surface area contributed by atoms with Gasteiger partial charge in [-0.25, -0.2) is 0 Å². The number of nitrogens with one attached hydrogen (secondary N) is 2. The minimum absolute atomic E-state index is 0.0283. The molecule has 0 fully saturated rings. The number of carbonyl (C=O) groups excluding carboxylic acids is 1. The molecule has 5 aromatic carbocycles. The molecule has 4 N–H and O–H groups in total. The Morgan fingerprint density at radius 3 is 1.95 bits per heavy atom. The van der Waals surface area contributed by atoms with Crippen LogP contribution in [-0.2, 0) is 22.6 Å². The maximum Gasteiger partial charge on any atom is 0.316 e. The number of aromatic amines is 1. The van der Waals surface area contributed by atoms with Crippen molar-refractivity contribution in [2.45, 2.75) is 78.7 Å². The van der Waals surface area contributed by atoms with Crippen LogP contribution in [0, 0.1) is 12.8 Å². The van der Waals surface area contributed by atoms with Crippen molar-refractivity contribution in [3.8, 4) is 57.5 Å². The average molecular weight is 905 g/mol. The molecule has 1 aromatic heterocycles. The summed E-state index contributed by atoms with van der Waals surface area (Å²) in [4.78, 5) is 40.1. The summed E-state index contributed by atoms with van der Waals surface area (Å²) >= 11 is 0. The Bertz CT molecular complexity index is 2610. The lowest BCUT2D eigenvalue weighted by Crippen LogP contribution is -2.29. The number of hydrogen-bond acceptors (Lipinski definition) is 11. The number of aromatic nitrogens is 1. The molecular weight excluding hydrogens is 845 g/mol. The van der Waals surface area contributed by atoms with Crippen LogP contribution in [-0.4, -0.2) is 55.5 Å². The molecule has 1 amide bonds. The van der Waals surface area contributed by atoms with Gasteiger partial charge >= 0.3 is 5.97 Å². The summed E-state index contributed by atoms with van der Waals surface area (Å²) in [5.41, 5.74) is 2.88. The fourth-order valence-electron chi connectivity index (χ4n) is 7.01. The highest BCUT2D eigenvalue weighted by Crippen LogP contribution is 2.41. The summed E-state index contributed by atoms with van der Waals surface area (Å²) in [6.07, 6.45) is 6.10. The number of anilines is 1. The monoisotopic (exact) mass is 904 g/mol. The van der Waals surface area contributed by atoms with Gasteiger partial charge in [0.15, 0.2) is 34.5 Å². The number of ether oxygens (including phenoxy) is 7. The van der Waals surface area contributed by atoms with Crippen molar-refractivity contribution in [3.05, 3.63) is 124 Å². The largest absolute Gasteiger partial charge is 0.507 e. The topological polar surface area (TPSA) is 184 Å². The van der Waals surface area contributed by atoms with Crippen LogP contribution in [0.25, 0.3) is 10.9 Å². The predicted octanol–water partition coefficient (Wildman–Crippen LogP) is 11.4. The minimum atomic E-state index is -1.16. The molecular formula is C52H60N2O12. The Morgan fingerprint density at radius 1 is 0.667 bits per heavy atom. The molecule has 0 aliphatic carbocycles. The van der Waals surface area contributed by atoms with E-state index >= 15 is 0 Å². The van der Waals surface area contributed by atoms with Crippen molar-refractivity contribution < 1.29 is 53.0 Å². The zero-order chi connectivity index (χ0) is 47.6. The first-order valence-corrected chi connectivity index (χ1v) is 22.0. The Balaban J connectivity index is 0.000000255. The van der Waals surface area contributed by atoms with E-state index < -0.39 is 17.8 Å². The summed E-state index contributed by atoms with van der Waals surface area (Å²) < 4.78 is 39.7. The molecule has 0 aliphatic rings. The summed E-state index contributed by atoms with van der Waals surface area (Å²) in [6, 6.07) is 28.8. The number of hydrogen-bond donors (Lipinski definition) is 4. The first-order chi connectivity index (χ1) is 31.9. The zero-order valence-corrected chi connectivity index (χ0v) is 38.7. The number of H-pyrrole nitrogens is 1. The van der Waals surface area contributed by atoms with Gasteiger partial charge < -0.3 is 53.7 Å². The average Bonchev–Trinajstić information content (AvgIpc) is 3.32. The molecule has 66 heavy (non-hydrogen) atoms. The van der Waals surface area contributed by atoms with E-state index in [-0.39, 0.29) is 23.5 Å². The Labute approximate surface area is 385 Å². The number of benzene rings is 5. The van der Waals surface area contributed by atoms with Crippen LogP contribution in [0.1, 0.15) is 75.5 Å². The van der Waals surface area contributed by atoms with E-state index in [0.717, 1.165) is 43.2 Å². The van der Waals surface area contributed by atoms with Crippen LogP contribution in [0.4, 0.5) is 5.69 Å². The lowest BCUT2D eigenvalue weighted by Gasteiger charge is -2.18. The van der Waals surface area contributed by atoms with Gasteiger partial charge in [0.25, 0.3) is 5.56 Å². The van der Waals surface area contributed by atoms with E-state index in [1.807, 2.05) is 56.3 Å². The van der Waals surface area contributed by atoms with Gasteiger partial charge in [-0.05, 0) is 79.8 Å². The molecule has 0 bridgehead atoms. The van der Waals surface area contributed by atoms with Crippen molar-refractivity contribution in [1.29, 1.82) is 0 Å². The molecule has 350 valence electrons. The smallest absolute Gasteiger partial charge is 0.316 e. The number of aryl methyl sites for hydroxylation is 1. The summed E-state index contributed by atoms with van der Waals surface area (Å²) in [6.45, 7) is 6.48. The highest BCUT2D eigenvalue weighted by Gasteiger charge is 2.27. The quantitative estimate of drug-likeness (QED) is 0.0374. The van der Waals surface area contributed by atoms with Gasteiger partial charge in [-0.15, -0.1) is 0 Å². The van der Waals surface area contributed by atoms with Crippen molar-refractivity contribution in [1.82, 2.24) is 4.98 Å². The molecule has 6 rings (SSSR count). The number of carboxylic acids is 1. The number of amides is 1. The molecule has 0 radical (unpaired) electrons. The normalized spacial score (nSPS) is 11.1. The molecule has 1 heterocycles. The third-order valence-corrected chi connectivity index (χ3v) is 10.7. The van der Waals surface area contributed by atoms with E-state index in [1.54, 1.807) is 68.8 Å². The minimum Gasteiger partial charge on any atom is -0.507 e. The van der Waals surface area contributed by atoms with Gasteiger partial charge in [0.1, 0.15) is 35.5 Å². The Morgan fingerprint density at radius 2 is 1.29 bits per heavy atom. The van der Waals surface area contributed by atoms with Gasteiger partial charge in [-0.1, -0.05) is 82.3 Å². The van der Waals surface area contributed by atoms with Crippen LogP contribution in [0.3, 0.4) is 0 Å². The van der Waals surface area contributed by atoms with Gasteiger partial charge in [0.2, 0.25) is 5.91 Å². The number of unbranched alkanes of at least 4 members (excludes halogenated alkanes) is 4. The zero-order valence-electron chi connectivity index (χ0n) is 38.7. The second kappa shape index (κ2) is 24.6. The fourth-order valence-corrected chi connectivity index (χ4v) is 7.01. The molecule has 1 unspecified atom stereocenters.